The Balaban J connectivity index is 2.45. The van der Waals surface area contributed by atoms with E-state index >= 15 is 0 Å². The molecule has 0 aliphatic rings. The Labute approximate surface area is 124 Å². The largest absolute Gasteiger partial charge is 0.496 e. The first-order chi connectivity index (χ1) is 10.1. The molecule has 0 N–H and O–H groups in total. The van der Waals surface area contributed by atoms with Crippen LogP contribution in [0.4, 0.5) is 0 Å². The smallest absolute Gasteiger partial charge is 0.196 e. The molecule has 0 unspecified atom stereocenters. The van der Waals surface area contributed by atoms with Crippen molar-refractivity contribution in [1.82, 2.24) is 0 Å². The molecule has 0 saturated carbocycles. The molecule has 0 atom stereocenters. The summed E-state index contributed by atoms with van der Waals surface area (Å²) in [5.74, 6) is 1.56. The molecule has 0 aliphatic heterocycles. The number of aryl methyl sites for hydroxylation is 1. The van der Waals surface area contributed by atoms with Gasteiger partial charge in [-0.05, 0) is 42.8 Å². The van der Waals surface area contributed by atoms with Gasteiger partial charge in [-0.15, -0.1) is 0 Å². The first-order valence-electron chi connectivity index (χ1n) is 6.52. The molecule has 0 heterocycles. The summed E-state index contributed by atoms with van der Waals surface area (Å²) in [4.78, 5) is 12.6. The van der Waals surface area contributed by atoms with Crippen LogP contribution in [0.2, 0.25) is 0 Å². The highest BCUT2D eigenvalue weighted by Crippen LogP contribution is 2.30. The molecule has 0 aliphatic carbocycles. The molecule has 0 aromatic heterocycles. The highest BCUT2D eigenvalue weighted by atomic mass is 16.5. The van der Waals surface area contributed by atoms with Crippen molar-refractivity contribution in [3.05, 3.63) is 53.1 Å². The lowest BCUT2D eigenvalue weighted by molar-refractivity contribution is 0.103. The lowest BCUT2D eigenvalue weighted by atomic mass is 10.0. The van der Waals surface area contributed by atoms with Crippen molar-refractivity contribution < 1.29 is 19.0 Å². The molecular weight excluding hydrogens is 268 g/mol. The molecular formula is C17H18O4. The van der Waals surface area contributed by atoms with E-state index in [4.69, 9.17) is 14.2 Å². The van der Waals surface area contributed by atoms with Gasteiger partial charge in [-0.3, -0.25) is 4.79 Å². The Morgan fingerprint density at radius 1 is 0.810 bits per heavy atom. The summed E-state index contributed by atoms with van der Waals surface area (Å²) in [7, 11) is 4.65. The molecule has 0 spiro atoms. The minimum atomic E-state index is -0.118. The van der Waals surface area contributed by atoms with Gasteiger partial charge in [0.2, 0.25) is 0 Å². The number of benzene rings is 2. The van der Waals surface area contributed by atoms with E-state index in [2.05, 4.69) is 0 Å². The quantitative estimate of drug-likeness (QED) is 0.791. The Bertz CT molecular complexity index is 662. The van der Waals surface area contributed by atoms with Gasteiger partial charge in [-0.25, -0.2) is 0 Å². The molecule has 110 valence electrons. The van der Waals surface area contributed by atoms with Crippen LogP contribution >= 0.6 is 0 Å². The first kappa shape index (κ1) is 14.9. The number of carbonyl (C=O) groups excluding carboxylic acids is 1. The molecule has 0 bridgehead atoms. The predicted octanol–water partition coefficient (Wildman–Crippen LogP) is 3.25. The van der Waals surface area contributed by atoms with E-state index in [1.54, 1.807) is 45.6 Å². The molecule has 0 amide bonds. The highest BCUT2D eigenvalue weighted by molar-refractivity contribution is 6.11. The van der Waals surface area contributed by atoms with Crippen molar-refractivity contribution in [3.63, 3.8) is 0 Å². The third-order valence-electron chi connectivity index (χ3n) is 3.25. The Kier molecular flexibility index (Phi) is 4.48. The number of hydrogen-bond acceptors (Lipinski definition) is 4. The maximum atomic E-state index is 12.6. The van der Waals surface area contributed by atoms with E-state index in [0.717, 1.165) is 5.56 Å². The summed E-state index contributed by atoms with van der Waals surface area (Å²) in [6.45, 7) is 1.95. The molecule has 4 nitrogen and oxygen atoms in total. The lowest BCUT2D eigenvalue weighted by Crippen LogP contribution is -2.05. The molecule has 2 aromatic rings. The van der Waals surface area contributed by atoms with E-state index in [1.165, 1.54) is 0 Å². The number of rotatable bonds is 5. The second-order valence-corrected chi connectivity index (χ2v) is 4.60. The third kappa shape index (κ3) is 2.99. The minimum absolute atomic E-state index is 0.118. The number of ether oxygens (including phenoxy) is 3. The fraction of sp³-hybridized carbons (Fsp3) is 0.235. The number of ketones is 1. The van der Waals surface area contributed by atoms with Gasteiger partial charge in [0, 0.05) is 5.56 Å². The molecule has 2 rings (SSSR count). The highest BCUT2D eigenvalue weighted by Gasteiger charge is 2.16. The van der Waals surface area contributed by atoms with Crippen molar-refractivity contribution in [2.45, 2.75) is 6.92 Å². The van der Waals surface area contributed by atoms with Gasteiger partial charge < -0.3 is 14.2 Å². The summed E-state index contributed by atoms with van der Waals surface area (Å²) in [5.41, 5.74) is 2.08. The molecule has 4 heteroatoms. The van der Waals surface area contributed by atoms with Crippen molar-refractivity contribution in [2.75, 3.05) is 21.3 Å². The fourth-order valence-electron chi connectivity index (χ4n) is 2.12. The van der Waals surface area contributed by atoms with Gasteiger partial charge >= 0.3 is 0 Å². The second kappa shape index (κ2) is 6.31. The van der Waals surface area contributed by atoms with Crippen LogP contribution in [0.1, 0.15) is 21.5 Å². The normalized spacial score (nSPS) is 10.1. The molecule has 0 radical (unpaired) electrons. The van der Waals surface area contributed by atoms with Crippen LogP contribution in [0, 0.1) is 6.92 Å². The van der Waals surface area contributed by atoms with Gasteiger partial charge in [0.1, 0.15) is 5.75 Å². The van der Waals surface area contributed by atoms with E-state index in [0.29, 0.717) is 28.4 Å². The Morgan fingerprint density at radius 2 is 1.48 bits per heavy atom. The van der Waals surface area contributed by atoms with Crippen LogP contribution in [0.5, 0.6) is 17.2 Å². The monoisotopic (exact) mass is 286 g/mol. The van der Waals surface area contributed by atoms with Crippen molar-refractivity contribution in [3.8, 4) is 17.2 Å². The van der Waals surface area contributed by atoms with E-state index < -0.39 is 0 Å². The van der Waals surface area contributed by atoms with E-state index in [9.17, 15) is 4.79 Å². The molecule has 0 fully saturated rings. The summed E-state index contributed by atoms with van der Waals surface area (Å²) in [6, 6.07) is 10.6. The number of hydrogen-bond donors (Lipinski definition) is 0. The maximum Gasteiger partial charge on any atom is 0.196 e. The number of methoxy groups -OCH3 is 3. The van der Waals surface area contributed by atoms with Gasteiger partial charge in [0.15, 0.2) is 17.3 Å². The minimum Gasteiger partial charge on any atom is -0.496 e. The summed E-state index contributed by atoms with van der Waals surface area (Å²) in [5, 5.41) is 0. The topological polar surface area (TPSA) is 44.8 Å². The van der Waals surface area contributed by atoms with Crippen LogP contribution in [0.15, 0.2) is 36.4 Å². The Morgan fingerprint density at radius 3 is 2.10 bits per heavy atom. The van der Waals surface area contributed by atoms with Crippen LogP contribution in [0.3, 0.4) is 0 Å². The zero-order valence-corrected chi connectivity index (χ0v) is 12.6. The zero-order valence-electron chi connectivity index (χ0n) is 12.6. The van der Waals surface area contributed by atoms with Crippen LogP contribution in [0.25, 0.3) is 0 Å². The maximum absolute atomic E-state index is 12.6. The third-order valence-corrected chi connectivity index (χ3v) is 3.25. The van der Waals surface area contributed by atoms with Crippen LogP contribution < -0.4 is 14.2 Å². The molecule has 21 heavy (non-hydrogen) atoms. The SMILES string of the molecule is COc1ccc(C(=O)c2ccc(C)cc2OC)cc1OC. The van der Waals surface area contributed by atoms with Gasteiger partial charge in [-0.1, -0.05) is 6.07 Å². The lowest BCUT2D eigenvalue weighted by Gasteiger charge is -2.11. The van der Waals surface area contributed by atoms with Crippen LogP contribution in [-0.4, -0.2) is 27.1 Å². The zero-order chi connectivity index (χ0) is 15.4. The average Bonchev–Trinajstić information content (AvgIpc) is 2.53. The van der Waals surface area contributed by atoms with Crippen LogP contribution in [-0.2, 0) is 0 Å². The average molecular weight is 286 g/mol. The second-order valence-electron chi connectivity index (χ2n) is 4.60. The Hall–Kier alpha value is -2.49. The van der Waals surface area contributed by atoms with E-state index in [1.807, 2.05) is 19.1 Å². The first-order valence-corrected chi connectivity index (χ1v) is 6.52. The number of carbonyl (C=O) groups is 1. The molecule has 0 saturated heterocycles. The summed E-state index contributed by atoms with van der Waals surface area (Å²) >= 11 is 0. The van der Waals surface area contributed by atoms with Gasteiger partial charge in [-0.2, -0.15) is 0 Å². The van der Waals surface area contributed by atoms with Crippen molar-refractivity contribution in [1.29, 1.82) is 0 Å². The predicted molar refractivity (Wildman–Crippen MR) is 80.7 cm³/mol. The van der Waals surface area contributed by atoms with Gasteiger partial charge in [0.25, 0.3) is 0 Å². The molecule has 2 aromatic carbocycles. The fourth-order valence-corrected chi connectivity index (χ4v) is 2.12. The van der Waals surface area contributed by atoms with Crippen molar-refractivity contribution in [2.24, 2.45) is 0 Å². The summed E-state index contributed by atoms with van der Waals surface area (Å²) in [6.07, 6.45) is 0. The van der Waals surface area contributed by atoms with Crippen molar-refractivity contribution >= 4 is 5.78 Å². The summed E-state index contributed by atoms with van der Waals surface area (Å²) < 4.78 is 15.7. The standard InChI is InChI=1S/C17H18O4/c1-11-5-7-13(15(9-11)20-3)17(18)12-6-8-14(19-2)16(10-12)21-4/h5-10H,1-4H3. The van der Waals surface area contributed by atoms with Gasteiger partial charge in [0.05, 0.1) is 26.9 Å². The van der Waals surface area contributed by atoms with E-state index in [-0.39, 0.29) is 5.78 Å².